The molecular weight excluding hydrogens is 172 g/mol. The fourth-order valence-corrected chi connectivity index (χ4v) is 1.18. The van der Waals surface area contributed by atoms with Crippen molar-refractivity contribution in [2.24, 2.45) is 0 Å². The van der Waals surface area contributed by atoms with E-state index in [9.17, 15) is 0 Å². The average molecular weight is 182 g/mol. The summed E-state index contributed by atoms with van der Waals surface area (Å²) in [5.41, 5.74) is 0.562. The van der Waals surface area contributed by atoms with Gasteiger partial charge in [0.2, 0.25) is 0 Å². The van der Waals surface area contributed by atoms with Crippen LogP contribution in [0.15, 0.2) is 6.20 Å². The number of H-pyrrole nitrogens is 1. The van der Waals surface area contributed by atoms with Crippen molar-refractivity contribution in [3.05, 3.63) is 11.8 Å². The first kappa shape index (κ1) is 8.94. The van der Waals surface area contributed by atoms with Crippen molar-refractivity contribution in [3.63, 3.8) is 0 Å². The maximum absolute atomic E-state index is 8.61. The normalized spacial score (nSPS) is 9.33. The summed E-state index contributed by atoms with van der Waals surface area (Å²) in [6.07, 6.45) is 1.51. The molecule has 12 heavy (non-hydrogen) atoms. The minimum Gasteiger partial charge on any atom is -0.360 e. The van der Waals surface area contributed by atoms with E-state index in [2.05, 4.69) is 22.4 Å². The molecule has 0 aromatic carbocycles. The molecule has 1 heterocycles. The first-order valence-corrected chi connectivity index (χ1v) is 4.79. The Labute approximate surface area is 75.4 Å². The minimum atomic E-state index is 0.562. The zero-order valence-corrected chi connectivity index (χ0v) is 7.61. The average Bonchev–Trinajstić information content (AvgIpc) is 2.52. The second kappa shape index (κ2) is 4.67. The van der Waals surface area contributed by atoms with Crippen molar-refractivity contribution < 1.29 is 0 Å². The summed E-state index contributed by atoms with van der Waals surface area (Å²) in [4.78, 5) is 0. The quantitative estimate of drug-likeness (QED) is 0.545. The van der Waals surface area contributed by atoms with Crippen LogP contribution in [-0.4, -0.2) is 21.8 Å². The first-order chi connectivity index (χ1) is 5.88. The van der Waals surface area contributed by atoms with Crippen LogP contribution >= 0.6 is 11.8 Å². The van der Waals surface area contributed by atoms with Gasteiger partial charge in [0.25, 0.3) is 0 Å². The SMILES string of the molecule is CCSCNc1[nH]ncc1C#N. The van der Waals surface area contributed by atoms with Crippen LogP contribution in [0.4, 0.5) is 5.82 Å². The Morgan fingerprint density at radius 3 is 3.33 bits per heavy atom. The van der Waals surface area contributed by atoms with Crippen molar-refractivity contribution in [3.8, 4) is 6.07 Å². The lowest BCUT2D eigenvalue weighted by molar-refractivity contribution is 1.09. The number of aromatic amines is 1. The van der Waals surface area contributed by atoms with E-state index < -0.39 is 0 Å². The third-order valence-corrected chi connectivity index (χ3v) is 2.07. The predicted octanol–water partition coefficient (Wildman–Crippen LogP) is 1.40. The van der Waals surface area contributed by atoms with E-state index in [4.69, 9.17) is 5.26 Å². The number of anilines is 1. The molecule has 2 N–H and O–H groups in total. The molecule has 64 valence electrons. The van der Waals surface area contributed by atoms with E-state index >= 15 is 0 Å². The number of nitrogens with one attached hydrogen (secondary N) is 2. The molecule has 0 aliphatic carbocycles. The summed E-state index contributed by atoms with van der Waals surface area (Å²) >= 11 is 1.76. The number of hydrogen-bond acceptors (Lipinski definition) is 4. The lowest BCUT2D eigenvalue weighted by atomic mass is 10.4. The number of hydrogen-bond donors (Lipinski definition) is 2. The Balaban J connectivity index is 2.46. The lowest BCUT2D eigenvalue weighted by Crippen LogP contribution is -1.99. The Bertz CT molecular complexity index is 275. The van der Waals surface area contributed by atoms with E-state index in [1.807, 2.05) is 6.07 Å². The summed E-state index contributed by atoms with van der Waals surface area (Å²) < 4.78 is 0. The molecule has 0 fully saturated rings. The standard InChI is InChI=1S/C7H10N4S/c1-2-12-5-9-7-6(3-8)4-10-11-7/h4H,2,5H2,1H3,(H2,9,10,11). The van der Waals surface area contributed by atoms with Gasteiger partial charge in [-0.1, -0.05) is 6.92 Å². The Morgan fingerprint density at radius 2 is 2.67 bits per heavy atom. The number of nitriles is 1. The van der Waals surface area contributed by atoms with Crippen molar-refractivity contribution >= 4 is 17.6 Å². The Kier molecular flexibility index (Phi) is 3.48. The van der Waals surface area contributed by atoms with Crippen molar-refractivity contribution in [2.45, 2.75) is 6.92 Å². The van der Waals surface area contributed by atoms with Crippen LogP contribution in [0.1, 0.15) is 12.5 Å². The highest BCUT2D eigenvalue weighted by atomic mass is 32.2. The molecule has 0 spiro atoms. The highest BCUT2D eigenvalue weighted by Crippen LogP contribution is 2.10. The van der Waals surface area contributed by atoms with Gasteiger partial charge >= 0.3 is 0 Å². The van der Waals surface area contributed by atoms with Gasteiger partial charge in [-0.25, -0.2) is 0 Å². The second-order valence-corrected chi connectivity index (χ2v) is 3.36. The second-order valence-electron chi connectivity index (χ2n) is 2.08. The van der Waals surface area contributed by atoms with Gasteiger partial charge in [0.1, 0.15) is 17.5 Å². The largest absolute Gasteiger partial charge is 0.360 e. The minimum absolute atomic E-state index is 0.562. The molecule has 0 aliphatic rings. The van der Waals surface area contributed by atoms with Gasteiger partial charge in [-0.15, -0.1) is 11.8 Å². The van der Waals surface area contributed by atoms with E-state index in [0.717, 1.165) is 11.6 Å². The number of aromatic nitrogens is 2. The molecule has 0 atom stereocenters. The Morgan fingerprint density at radius 1 is 1.83 bits per heavy atom. The van der Waals surface area contributed by atoms with E-state index in [0.29, 0.717) is 11.4 Å². The topological polar surface area (TPSA) is 64.5 Å². The van der Waals surface area contributed by atoms with Crippen LogP contribution in [0, 0.1) is 11.3 Å². The van der Waals surface area contributed by atoms with E-state index in [1.165, 1.54) is 6.20 Å². The molecule has 0 radical (unpaired) electrons. The lowest BCUT2D eigenvalue weighted by Gasteiger charge is -2.00. The number of thioether (sulfide) groups is 1. The first-order valence-electron chi connectivity index (χ1n) is 3.63. The molecule has 0 saturated carbocycles. The van der Waals surface area contributed by atoms with Gasteiger partial charge in [0, 0.05) is 0 Å². The fraction of sp³-hybridized carbons (Fsp3) is 0.429. The summed E-state index contributed by atoms with van der Waals surface area (Å²) in [5.74, 6) is 2.56. The molecule has 0 aliphatic heterocycles. The third-order valence-electron chi connectivity index (χ3n) is 1.31. The summed E-state index contributed by atoms with van der Waals surface area (Å²) in [7, 11) is 0. The van der Waals surface area contributed by atoms with Gasteiger partial charge in [0.05, 0.1) is 12.1 Å². The van der Waals surface area contributed by atoms with E-state index in [-0.39, 0.29) is 0 Å². The summed E-state index contributed by atoms with van der Waals surface area (Å²) in [6, 6.07) is 2.04. The van der Waals surface area contributed by atoms with Crippen LogP contribution in [0.3, 0.4) is 0 Å². The van der Waals surface area contributed by atoms with Crippen molar-refractivity contribution in [2.75, 3.05) is 16.9 Å². The van der Waals surface area contributed by atoms with Crippen LogP contribution in [0.5, 0.6) is 0 Å². The zero-order chi connectivity index (χ0) is 8.81. The van der Waals surface area contributed by atoms with E-state index in [1.54, 1.807) is 11.8 Å². The maximum Gasteiger partial charge on any atom is 0.140 e. The van der Waals surface area contributed by atoms with Gasteiger partial charge in [-0.2, -0.15) is 10.4 Å². The van der Waals surface area contributed by atoms with Crippen LogP contribution in [0.2, 0.25) is 0 Å². The highest BCUT2D eigenvalue weighted by molar-refractivity contribution is 7.99. The maximum atomic E-state index is 8.61. The van der Waals surface area contributed by atoms with Crippen LogP contribution < -0.4 is 5.32 Å². The summed E-state index contributed by atoms with van der Waals surface area (Å²) in [6.45, 7) is 2.09. The van der Waals surface area contributed by atoms with Gasteiger partial charge < -0.3 is 5.32 Å². The molecule has 0 amide bonds. The molecule has 1 aromatic heterocycles. The predicted molar refractivity (Wildman–Crippen MR) is 49.9 cm³/mol. The number of rotatable bonds is 4. The molecule has 4 nitrogen and oxygen atoms in total. The van der Waals surface area contributed by atoms with Crippen LogP contribution in [0.25, 0.3) is 0 Å². The van der Waals surface area contributed by atoms with Crippen molar-refractivity contribution in [1.29, 1.82) is 5.26 Å². The highest BCUT2D eigenvalue weighted by Gasteiger charge is 2.01. The molecule has 1 aromatic rings. The number of nitrogens with zero attached hydrogens (tertiary/aromatic N) is 2. The molecule has 1 rings (SSSR count). The zero-order valence-electron chi connectivity index (χ0n) is 6.79. The van der Waals surface area contributed by atoms with Gasteiger partial charge in [-0.05, 0) is 5.75 Å². The van der Waals surface area contributed by atoms with Gasteiger partial charge in [-0.3, -0.25) is 5.10 Å². The third kappa shape index (κ3) is 2.17. The van der Waals surface area contributed by atoms with Crippen LogP contribution in [-0.2, 0) is 0 Å². The van der Waals surface area contributed by atoms with Crippen molar-refractivity contribution in [1.82, 2.24) is 10.2 Å². The Hall–Kier alpha value is -1.15. The molecule has 0 bridgehead atoms. The fourth-order valence-electron chi connectivity index (χ4n) is 0.731. The smallest absolute Gasteiger partial charge is 0.140 e. The molecule has 5 heteroatoms. The van der Waals surface area contributed by atoms with Gasteiger partial charge in [0.15, 0.2) is 0 Å². The molecular formula is C7H10N4S. The monoisotopic (exact) mass is 182 g/mol. The molecule has 0 saturated heterocycles. The molecule has 0 unspecified atom stereocenters. The summed E-state index contributed by atoms with van der Waals surface area (Å²) in [5, 5.41) is 18.1.